The second-order valence-corrected chi connectivity index (χ2v) is 7.00. The van der Waals surface area contributed by atoms with E-state index in [0.29, 0.717) is 41.0 Å². The number of nitrogen functional groups attached to an aromatic ring is 1. The predicted octanol–water partition coefficient (Wildman–Crippen LogP) is 1.83. The average Bonchev–Trinajstić information content (AvgIpc) is 3.00. The van der Waals surface area contributed by atoms with E-state index in [0.717, 1.165) is 11.1 Å². The maximum absolute atomic E-state index is 12.1. The molecule has 146 valence electrons. The molecule has 2 aromatic carbocycles. The molecule has 1 aliphatic rings. The van der Waals surface area contributed by atoms with Crippen LogP contribution in [-0.4, -0.2) is 52.2 Å². The zero-order chi connectivity index (χ0) is 20.6. The van der Waals surface area contributed by atoms with Gasteiger partial charge in [0.1, 0.15) is 23.4 Å². The summed E-state index contributed by atoms with van der Waals surface area (Å²) in [5, 5.41) is 11.2. The lowest BCUT2D eigenvalue weighted by Gasteiger charge is -2.13. The number of aliphatic hydroxyl groups is 1. The first kappa shape index (κ1) is 18.7. The highest BCUT2D eigenvalue weighted by Gasteiger charge is 2.42. The summed E-state index contributed by atoms with van der Waals surface area (Å²) in [6.45, 7) is 0.491. The number of aromatic nitrogens is 2. The molecule has 1 saturated heterocycles. The first-order chi connectivity index (χ1) is 13.9. The van der Waals surface area contributed by atoms with E-state index < -0.39 is 5.60 Å². The predicted molar refractivity (Wildman–Crippen MR) is 110 cm³/mol. The number of likely N-dealkylation sites (tertiary alicyclic amines) is 1. The van der Waals surface area contributed by atoms with E-state index in [1.807, 2.05) is 36.4 Å². The lowest BCUT2D eigenvalue weighted by atomic mass is 9.99. The Labute approximate surface area is 168 Å². The molecule has 1 aliphatic heterocycles. The van der Waals surface area contributed by atoms with E-state index in [4.69, 9.17) is 10.5 Å². The highest BCUT2D eigenvalue weighted by molar-refractivity contribution is 5.96. The number of carbonyl (C=O) groups excluding carboxylic acids is 1. The lowest BCUT2D eigenvalue weighted by Crippen LogP contribution is -2.37. The molecule has 1 fully saturated rings. The quantitative estimate of drug-likeness (QED) is 0.650. The van der Waals surface area contributed by atoms with Gasteiger partial charge in [-0.1, -0.05) is 24.0 Å². The monoisotopic (exact) mass is 388 g/mol. The number of hydrogen-bond acceptors (Lipinski definition) is 6. The fraction of sp³-hybridized carbons (Fsp3) is 0.227. The van der Waals surface area contributed by atoms with E-state index in [1.165, 1.54) is 11.2 Å². The van der Waals surface area contributed by atoms with Gasteiger partial charge in [-0.05, 0) is 35.4 Å². The van der Waals surface area contributed by atoms with E-state index in [9.17, 15) is 9.90 Å². The van der Waals surface area contributed by atoms with E-state index in [2.05, 4.69) is 21.8 Å². The SMILES string of the molecule is COc1cc(-c2cccc(C#C[C@]3(O)CCN(C)C3=O)c2)cc2c(N)ncnc12. The molecule has 0 unspecified atom stereocenters. The Kier molecular flexibility index (Phi) is 4.57. The molecule has 3 aromatic rings. The minimum atomic E-state index is -1.62. The van der Waals surface area contributed by atoms with Crippen molar-refractivity contribution in [2.24, 2.45) is 0 Å². The summed E-state index contributed by atoms with van der Waals surface area (Å²) in [4.78, 5) is 21.9. The summed E-state index contributed by atoms with van der Waals surface area (Å²) in [6, 6.07) is 11.3. The fourth-order valence-electron chi connectivity index (χ4n) is 3.40. The summed E-state index contributed by atoms with van der Waals surface area (Å²) in [6.07, 6.45) is 1.71. The zero-order valence-electron chi connectivity index (χ0n) is 16.1. The van der Waals surface area contributed by atoms with Gasteiger partial charge in [0, 0.05) is 31.0 Å². The molecule has 0 spiro atoms. The van der Waals surface area contributed by atoms with Crippen LogP contribution in [0, 0.1) is 11.8 Å². The molecule has 1 amide bonds. The largest absolute Gasteiger partial charge is 0.494 e. The maximum Gasteiger partial charge on any atom is 0.267 e. The lowest BCUT2D eigenvalue weighted by molar-refractivity contribution is -0.137. The van der Waals surface area contributed by atoms with Crippen molar-refractivity contribution in [2.45, 2.75) is 12.0 Å². The standard InChI is InChI=1S/C22H20N4O3/c1-26-9-8-22(28,21(26)27)7-6-14-4-3-5-15(10-14)16-11-17-19(18(12-16)29-2)24-13-25-20(17)23/h3-5,10-13,28H,8-9H2,1-2H3,(H2,23,24,25)/t22-/m0/s1. The first-order valence-corrected chi connectivity index (χ1v) is 9.11. The van der Waals surface area contributed by atoms with Gasteiger partial charge in [0.15, 0.2) is 0 Å². The minimum Gasteiger partial charge on any atom is -0.494 e. The highest BCUT2D eigenvalue weighted by Crippen LogP contribution is 2.33. The molecule has 3 N–H and O–H groups in total. The molecule has 0 saturated carbocycles. The molecule has 1 aromatic heterocycles. The Balaban J connectivity index is 1.75. The van der Waals surface area contributed by atoms with Crippen LogP contribution in [-0.2, 0) is 4.79 Å². The molecular formula is C22H20N4O3. The molecular weight excluding hydrogens is 368 g/mol. The summed E-state index contributed by atoms with van der Waals surface area (Å²) < 4.78 is 5.48. The Morgan fingerprint density at radius 2 is 2.07 bits per heavy atom. The second-order valence-electron chi connectivity index (χ2n) is 7.00. The number of likely N-dealkylation sites (N-methyl/N-ethyl adjacent to an activating group) is 1. The smallest absolute Gasteiger partial charge is 0.267 e. The van der Waals surface area contributed by atoms with Crippen LogP contribution in [0.15, 0.2) is 42.7 Å². The molecule has 29 heavy (non-hydrogen) atoms. The van der Waals surface area contributed by atoms with E-state index in [1.54, 1.807) is 14.2 Å². The van der Waals surface area contributed by atoms with Gasteiger partial charge >= 0.3 is 0 Å². The molecule has 0 bridgehead atoms. The molecule has 2 heterocycles. The van der Waals surface area contributed by atoms with Gasteiger partial charge in [0.25, 0.3) is 5.91 Å². The van der Waals surface area contributed by atoms with Crippen LogP contribution in [0.2, 0.25) is 0 Å². The van der Waals surface area contributed by atoms with E-state index in [-0.39, 0.29) is 5.91 Å². The summed E-state index contributed by atoms with van der Waals surface area (Å²) >= 11 is 0. The number of methoxy groups -OCH3 is 1. The third-order valence-electron chi connectivity index (χ3n) is 5.07. The Bertz CT molecular complexity index is 1180. The number of hydrogen-bond donors (Lipinski definition) is 2. The van der Waals surface area contributed by atoms with Gasteiger partial charge in [0.2, 0.25) is 5.60 Å². The van der Waals surface area contributed by atoms with Crippen LogP contribution in [0.1, 0.15) is 12.0 Å². The molecule has 7 nitrogen and oxygen atoms in total. The Morgan fingerprint density at radius 3 is 2.79 bits per heavy atom. The minimum absolute atomic E-state index is 0.302. The molecule has 0 aliphatic carbocycles. The molecule has 4 rings (SSSR count). The van der Waals surface area contributed by atoms with Crippen molar-refractivity contribution in [3.63, 3.8) is 0 Å². The number of fused-ring (bicyclic) bond motifs is 1. The number of benzene rings is 2. The van der Waals surface area contributed by atoms with Gasteiger partial charge in [-0.25, -0.2) is 9.97 Å². The second kappa shape index (κ2) is 7.08. The average molecular weight is 388 g/mol. The Morgan fingerprint density at radius 1 is 1.24 bits per heavy atom. The van der Waals surface area contributed by atoms with Gasteiger partial charge in [-0.3, -0.25) is 4.79 Å². The van der Waals surface area contributed by atoms with Crippen molar-refractivity contribution in [3.05, 3.63) is 48.3 Å². The van der Waals surface area contributed by atoms with Crippen molar-refractivity contribution in [1.29, 1.82) is 0 Å². The van der Waals surface area contributed by atoms with Crippen LogP contribution in [0.5, 0.6) is 5.75 Å². The molecule has 7 heteroatoms. The van der Waals surface area contributed by atoms with Crippen LogP contribution in [0.4, 0.5) is 5.82 Å². The number of ether oxygens (including phenoxy) is 1. The number of anilines is 1. The maximum atomic E-state index is 12.1. The van der Waals surface area contributed by atoms with Crippen molar-refractivity contribution >= 4 is 22.6 Å². The summed E-state index contributed by atoms with van der Waals surface area (Å²) in [5.41, 5.74) is 7.49. The normalized spacial score (nSPS) is 18.6. The van der Waals surface area contributed by atoms with Crippen molar-refractivity contribution in [2.75, 3.05) is 26.4 Å². The summed E-state index contributed by atoms with van der Waals surface area (Å²) in [5.74, 6) is 6.28. The third-order valence-corrected chi connectivity index (χ3v) is 5.07. The topological polar surface area (TPSA) is 102 Å². The number of carbonyl (C=O) groups is 1. The van der Waals surface area contributed by atoms with Gasteiger partial charge in [0.05, 0.1) is 7.11 Å². The van der Waals surface area contributed by atoms with Crippen LogP contribution >= 0.6 is 0 Å². The van der Waals surface area contributed by atoms with Crippen LogP contribution in [0.3, 0.4) is 0 Å². The first-order valence-electron chi connectivity index (χ1n) is 9.11. The van der Waals surface area contributed by atoms with Gasteiger partial charge in [-0.15, -0.1) is 0 Å². The highest BCUT2D eigenvalue weighted by atomic mass is 16.5. The number of amides is 1. The van der Waals surface area contributed by atoms with Crippen LogP contribution in [0.25, 0.3) is 22.0 Å². The molecule has 0 radical (unpaired) electrons. The number of nitrogens with two attached hydrogens (primary N) is 1. The number of rotatable bonds is 2. The van der Waals surface area contributed by atoms with Crippen molar-refractivity contribution in [1.82, 2.24) is 14.9 Å². The van der Waals surface area contributed by atoms with E-state index >= 15 is 0 Å². The molecule has 1 atom stereocenters. The Hall–Kier alpha value is -3.63. The van der Waals surface area contributed by atoms with Gasteiger partial charge in [-0.2, -0.15) is 0 Å². The zero-order valence-corrected chi connectivity index (χ0v) is 16.1. The third kappa shape index (κ3) is 3.35. The fourth-order valence-corrected chi connectivity index (χ4v) is 3.40. The number of nitrogens with zero attached hydrogens (tertiary/aromatic N) is 3. The van der Waals surface area contributed by atoms with Gasteiger partial charge < -0.3 is 20.5 Å². The summed E-state index contributed by atoms with van der Waals surface area (Å²) in [7, 11) is 3.24. The van der Waals surface area contributed by atoms with Crippen LogP contribution < -0.4 is 10.5 Å². The van der Waals surface area contributed by atoms with Crippen molar-refractivity contribution < 1.29 is 14.6 Å². The van der Waals surface area contributed by atoms with Crippen molar-refractivity contribution in [3.8, 4) is 28.7 Å².